The molecule has 4 aliphatic rings. The van der Waals surface area contributed by atoms with Gasteiger partial charge in [0.15, 0.2) is 0 Å². The molecule has 3 aromatic rings. The number of fused-ring (bicyclic) bond motifs is 3. The Morgan fingerprint density at radius 2 is 1.87 bits per heavy atom. The van der Waals surface area contributed by atoms with Crippen LogP contribution in [0.5, 0.6) is 6.01 Å². The maximum Gasteiger partial charge on any atom is 0.416 e. The predicted octanol–water partition coefficient (Wildman–Crippen LogP) is 5.05. The van der Waals surface area contributed by atoms with Gasteiger partial charge in [0.05, 0.1) is 28.4 Å². The van der Waals surface area contributed by atoms with Crippen molar-refractivity contribution in [2.75, 3.05) is 11.9 Å². The van der Waals surface area contributed by atoms with Gasteiger partial charge in [-0.05, 0) is 75.8 Å². The molecule has 5 atom stereocenters. The van der Waals surface area contributed by atoms with Crippen LogP contribution in [0.15, 0.2) is 54.6 Å². The van der Waals surface area contributed by atoms with Crippen molar-refractivity contribution in [2.24, 2.45) is 5.92 Å². The first-order valence-corrected chi connectivity index (χ1v) is 19.8. The average Bonchev–Trinajstić information content (AvgIpc) is 4.02. The zero-order chi connectivity index (χ0) is 38.4. The molecule has 3 N–H and O–H groups in total. The molecule has 3 amide bonds. The Morgan fingerprint density at radius 3 is 2.61 bits per heavy atom. The largest absolute Gasteiger partial charge is 0.459 e. The van der Waals surface area contributed by atoms with Gasteiger partial charge in [0.25, 0.3) is 11.9 Å². The number of allylic oxidation sites excluding steroid dienone is 1. The van der Waals surface area contributed by atoms with E-state index in [2.05, 4.69) is 20.3 Å². The van der Waals surface area contributed by atoms with Crippen LogP contribution in [0.2, 0.25) is 0 Å². The summed E-state index contributed by atoms with van der Waals surface area (Å²) in [5.41, 5.74) is -1.56. The molecule has 17 heteroatoms. The van der Waals surface area contributed by atoms with Crippen molar-refractivity contribution >= 4 is 44.5 Å². The first-order chi connectivity index (χ1) is 25.7. The van der Waals surface area contributed by atoms with Gasteiger partial charge in [-0.1, -0.05) is 37.1 Å². The summed E-state index contributed by atoms with van der Waals surface area (Å²) in [5.74, 6) is -3.83. The summed E-state index contributed by atoms with van der Waals surface area (Å²) in [5, 5.41) is 4.95. The van der Waals surface area contributed by atoms with Crippen LogP contribution in [0.4, 0.5) is 23.2 Å². The van der Waals surface area contributed by atoms with Crippen LogP contribution in [0, 0.1) is 11.7 Å². The Bertz CT molecular complexity index is 2090. The maximum atomic E-state index is 14.5. The fourth-order valence-electron chi connectivity index (χ4n) is 7.48. The molecule has 290 valence electrons. The molecule has 54 heavy (non-hydrogen) atoms. The molecular weight excluding hydrogens is 733 g/mol. The minimum Gasteiger partial charge on any atom is -0.459 e. The quantitative estimate of drug-likeness (QED) is 0.213. The molecule has 2 saturated carbocycles. The van der Waals surface area contributed by atoms with Crippen LogP contribution in [-0.4, -0.2) is 76.1 Å². The van der Waals surface area contributed by atoms with Gasteiger partial charge in [0, 0.05) is 24.6 Å². The molecule has 0 radical (unpaired) electrons. The summed E-state index contributed by atoms with van der Waals surface area (Å²) in [6.07, 6.45) is 1.61. The molecule has 3 heterocycles. The van der Waals surface area contributed by atoms with E-state index >= 15 is 0 Å². The first kappa shape index (κ1) is 37.6. The second-order valence-electron chi connectivity index (χ2n) is 14.5. The number of nitrogens with one attached hydrogen (secondary N) is 3. The lowest BCUT2D eigenvalue weighted by atomic mass is 10.0. The first-order valence-electron chi connectivity index (χ1n) is 18.3. The number of amides is 3. The number of alkyl halides is 3. The molecule has 2 aliphatic carbocycles. The predicted molar refractivity (Wildman–Crippen MR) is 190 cm³/mol. The molecular formula is C37H42F4N6O6S. The van der Waals surface area contributed by atoms with Crippen molar-refractivity contribution in [2.45, 2.75) is 106 Å². The third-order valence-corrected chi connectivity index (χ3v) is 12.4. The molecule has 0 unspecified atom stereocenters. The van der Waals surface area contributed by atoms with Gasteiger partial charge in [-0.15, -0.1) is 0 Å². The molecule has 0 bridgehead atoms. The number of anilines is 1. The van der Waals surface area contributed by atoms with Crippen LogP contribution in [-0.2, 0) is 37.1 Å². The number of carbonyl (C=O) groups is 3. The van der Waals surface area contributed by atoms with E-state index in [1.54, 1.807) is 6.08 Å². The number of nitrogens with zero attached hydrogens (tertiary/aromatic N) is 3. The van der Waals surface area contributed by atoms with E-state index < -0.39 is 80.2 Å². The average molecular weight is 775 g/mol. The summed E-state index contributed by atoms with van der Waals surface area (Å²) < 4.78 is 91.3. The summed E-state index contributed by atoms with van der Waals surface area (Å²) in [6.45, 7) is 2.31. The molecule has 7 rings (SSSR count). The molecule has 1 aromatic heterocycles. The lowest BCUT2D eigenvalue weighted by Crippen LogP contribution is -2.57. The Kier molecular flexibility index (Phi) is 10.1. The Hall–Kier alpha value is -4.67. The number of benzene rings is 2. The zero-order valence-electron chi connectivity index (χ0n) is 29.6. The van der Waals surface area contributed by atoms with E-state index in [0.717, 1.165) is 17.6 Å². The van der Waals surface area contributed by atoms with Gasteiger partial charge in [-0.2, -0.15) is 18.2 Å². The standard InChI is InChI=1S/C37H42F4N6O6S/c1-2-46-30-13-9-8-11-28(30)43-35(46)53-26-19-31-32(48)44-36(34(50)45-54(51,52)27-14-15-27)20-22(36)10-6-4-3-5-7-12-29(33(49)47(31)21-26)42-25-17-23(37(39,40)41)16-24(38)18-25/h6,8-11,13,16-18,22,26-27,29,31,42H,2-5,7,12,14-15,19-21H2,1H3,(H,44,48)(H,45,50)/b10-6-/t22-,26-,29+,31+,36-/m1/s1. The summed E-state index contributed by atoms with van der Waals surface area (Å²) in [7, 11) is -3.94. The second kappa shape index (κ2) is 14.5. The third-order valence-electron chi connectivity index (χ3n) is 10.6. The third kappa shape index (κ3) is 7.77. The van der Waals surface area contributed by atoms with Gasteiger partial charge in [-0.25, -0.2) is 12.8 Å². The van der Waals surface area contributed by atoms with Gasteiger partial charge >= 0.3 is 6.18 Å². The van der Waals surface area contributed by atoms with E-state index in [4.69, 9.17) is 4.74 Å². The number of hydrogen-bond donors (Lipinski definition) is 3. The van der Waals surface area contributed by atoms with Crippen molar-refractivity contribution in [3.05, 3.63) is 66.0 Å². The molecule has 2 aromatic carbocycles. The van der Waals surface area contributed by atoms with Gasteiger partial charge < -0.3 is 20.3 Å². The van der Waals surface area contributed by atoms with E-state index in [9.17, 15) is 40.4 Å². The minimum atomic E-state index is -4.84. The summed E-state index contributed by atoms with van der Waals surface area (Å²) in [4.78, 5) is 48.4. The number of sulfonamides is 1. The highest BCUT2D eigenvalue weighted by Crippen LogP contribution is 2.46. The lowest BCUT2D eigenvalue weighted by Gasteiger charge is -2.30. The van der Waals surface area contributed by atoms with Crippen molar-refractivity contribution in [3.63, 3.8) is 0 Å². The summed E-state index contributed by atoms with van der Waals surface area (Å²) in [6, 6.07) is 7.28. The highest BCUT2D eigenvalue weighted by Gasteiger charge is 2.62. The topological polar surface area (TPSA) is 152 Å². The van der Waals surface area contributed by atoms with Crippen molar-refractivity contribution < 1.29 is 45.1 Å². The van der Waals surface area contributed by atoms with E-state index in [0.29, 0.717) is 56.7 Å². The second-order valence-corrected chi connectivity index (χ2v) is 16.5. The smallest absolute Gasteiger partial charge is 0.416 e. The van der Waals surface area contributed by atoms with E-state index in [-0.39, 0.29) is 37.5 Å². The van der Waals surface area contributed by atoms with Crippen molar-refractivity contribution in [3.8, 4) is 6.01 Å². The van der Waals surface area contributed by atoms with Crippen molar-refractivity contribution in [1.82, 2.24) is 24.5 Å². The normalized spacial score (nSPS) is 27.2. The van der Waals surface area contributed by atoms with E-state index in [1.165, 1.54) is 4.90 Å². The van der Waals surface area contributed by atoms with Crippen LogP contribution in [0.1, 0.15) is 70.3 Å². The fourth-order valence-corrected chi connectivity index (χ4v) is 8.85. The van der Waals surface area contributed by atoms with Crippen LogP contribution in [0.25, 0.3) is 11.0 Å². The van der Waals surface area contributed by atoms with Crippen LogP contribution in [0.3, 0.4) is 0 Å². The van der Waals surface area contributed by atoms with Gasteiger partial charge in [0.2, 0.25) is 21.8 Å². The van der Waals surface area contributed by atoms with Gasteiger partial charge in [-0.3, -0.25) is 23.7 Å². The Balaban J connectivity index is 1.22. The number of carbonyl (C=O) groups excluding carboxylic acids is 3. The number of ether oxygens (including phenoxy) is 1. The Labute approximate surface area is 309 Å². The zero-order valence-corrected chi connectivity index (χ0v) is 30.4. The Morgan fingerprint density at radius 1 is 1.09 bits per heavy atom. The molecule has 3 fully saturated rings. The summed E-state index contributed by atoms with van der Waals surface area (Å²) >= 11 is 0. The van der Waals surface area contributed by atoms with Crippen LogP contribution < -0.4 is 20.1 Å². The number of para-hydroxylation sites is 2. The number of hydrogen-bond acceptors (Lipinski definition) is 8. The molecule has 1 saturated heterocycles. The van der Waals surface area contributed by atoms with E-state index in [1.807, 2.05) is 41.8 Å². The van der Waals surface area contributed by atoms with Gasteiger partial charge in [0.1, 0.15) is 29.5 Å². The number of halogens is 4. The fraction of sp³-hybridized carbons (Fsp3) is 0.514. The molecule has 2 aliphatic heterocycles. The highest BCUT2D eigenvalue weighted by atomic mass is 32.2. The lowest BCUT2D eigenvalue weighted by molar-refractivity contribution is -0.140. The maximum absolute atomic E-state index is 14.5. The number of rotatable bonds is 8. The number of aryl methyl sites for hydroxylation is 1. The monoisotopic (exact) mass is 774 g/mol. The number of imidazole rings is 1. The number of aromatic nitrogens is 2. The van der Waals surface area contributed by atoms with Crippen molar-refractivity contribution in [1.29, 1.82) is 0 Å². The van der Waals surface area contributed by atoms with Crippen LogP contribution >= 0.6 is 0 Å². The highest BCUT2D eigenvalue weighted by molar-refractivity contribution is 7.91. The molecule has 12 nitrogen and oxygen atoms in total. The minimum absolute atomic E-state index is 0.0338. The molecule has 0 spiro atoms. The SMILES string of the molecule is CCn1c(O[C@@H]2C[C@H]3C(=O)N[C@]4(C(=O)NS(=O)(=O)C5CC5)C[C@H]4/C=C\CCCCC[C@H](Nc4cc(F)cc(C(F)(F)F)c4)C(=O)N3C2)nc2ccccc21.